The standard InChI is InChI=1S/C9H15N3O/c1-13-7-6-10-4-2-9-3-5-11-8-12-9/h3,5,8,10H,2,4,6-7H2,1H3. The molecule has 1 N–H and O–H groups in total. The van der Waals surface area contributed by atoms with Gasteiger partial charge in [-0.25, -0.2) is 9.97 Å². The minimum atomic E-state index is 0.754. The zero-order chi connectivity index (χ0) is 9.36. The number of ether oxygens (including phenoxy) is 1. The Hall–Kier alpha value is -1.00. The molecule has 0 aliphatic carbocycles. The Balaban J connectivity index is 2.07. The summed E-state index contributed by atoms with van der Waals surface area (Å²) in [7, 11) is 1.70. The van der Waals surface area contributed by atoms with Crippen LogP contribution in [0.25, 0.3) is 0 Å². The molecule has 0 aliphatic heterocycles. The van der Waals surface area contributed by atoms with Crippen LogP contribution in [0, 0.1) is 0 Å². The first-order valence-corrected chi connectivity index (χ1v) is 4.38. The van der Waals surface area contributed by atoms with Gasteiger partial charge in [-0.05, 0) is 6.07 Å². The van der Waals surface area contributed by atoms with Gasteiger partial charge >= 0.3 is 0 Å². The lowest BCUT2D eigenvalue weighted by Gasteiger charge is -2.02. The molecule has 0 radical (unpaired) electrons. The predicted molar refractivity (Wildman–Crippen MR) is 50.5 cm³/mol. The van der Waals surface area contributed by atoms with Crippen LogP contribution >= 0.6 is 0 Å². The largest absolute Gasteiger partial charge is 0.383 e. The molecule has 13 heavy (non-hydrogen) atoms. The monoisotopic (exact) mass is 181 g/mol. The Morgan fingerprint density at radius 3 is 3.08 bits per heavy atom. The average Bonchev–Trinajstić information content (AvgIpc) is 2.19. The molecule has 0 unspecified atom stereocenters. The van der Waals surface area contributed by atoms with Crippen molar-refractivity contribution in [2.45, 2.75) is 6.42 Å². The number of hydrogen-bond acceptors (Lipinski definition) is 4. The van der Waals surface area contributed by atoms with E-state index in [0.717, 1.165) is 31.8 Å². The summed E-state index contributed by atoms with van der Waals surface area (Å²) in [5.74, 6) is 0. The van der Waals surface area contributed by atoms with Crippen molar-refractivity contribution in [2.75, 3.05) is 26.8 Å². The summed E-state index contributed by atoms with van der Waals surface area (Å²) in [6.45, 7) is 2.58. The molecule has 1 aromatic heterocycles. The highest BCUT2D eigenvalue weighted by atomic mass is 16.5. The van der Waals surface area contributed by atoms with Crippen LogP contribution in [0.5, 0.6) is 0 Å². The Bertz CT molecular complexity index is 215. The Morgan fingerprint density at radius 2 is 2.38 bits per heavy atom. The van der Waals surface area contributed by atoms with Gasteiger partial charge in [0.1, 0.15) is 6.33 Å². The molecule has 1 rings (SSSR count). The first-order chi connectivity index (χ1) is 6.43. The smallest absolute Gasteiger partial charge is 0.115 e. The zero-order valence-electron chi connectivity index (χ0n) is 7.86. The van der Waals surface area contributed by atoms with E-state index >= 15 is 0 Å². The van der Waals surface area contributed by atoms with Crippen LogP contribution in [0.15, 0.2) is 18.6 Å². The molecule has 4 heteroatoms. The minimum Gasteiger partial charge on any atom is -0.383 e. The fourth-order valence-corrected chi connectivity index (χ4v) is 0.982. The molecule has 0 spiro atoms. The normalized spacial score (nSPS) is 10.2. The van der Waals surface area contributed by atoms with E-state index in [1.807, 2.05) is 6.07 Å². The van der Waals surface area contributed by atoms with Gasteiger partial charge in [0.2, 0.25) is 0 Å². The van der Waals surface area contributed by atoms with Crippen LogP contribution in [-0.4, -0.2) is 36.8 Å². The van der Waals surface area contributed by atoms with Gasteiger partial charge in [-0.1, -0.05) is 0 Å². The summed E-state index contributed by atoms with van der Waals surface area (Å²) in [6, 6.07) is 1.93. The van der Waals surface area contributed by atoms with E-state index in [1.54, 1.807) is 19.6 Å². The molecule has 0 atom stereocenters. The van der Waals surface area contributed by atoms with Crippen molar-refractivity contribution in [3.05, 3.63) is 24.3 Å². The predicted octanol–water partition coefficient (Wildman–Crippen LogP) is 0.255. The SMILES string of the molecule is COCCNCCc1ccncn1. The highest BCUT2D eigenvalue weighted by Crippen LogP contribution is 1.90. The molecule has 0 aliphatic rings. The van der Waals surface area contributed by atoms with Crippen LogP contribution in [0.1, 0.15) is 5.69 Å². The summed E-state index contributed by atoms with van der Waals surface area (Å²) in [5, 5.41) is 3.25. The van der Waals surface area contributed by atoms with Crippen molar-refractivity contribution < 1.29 is 4.74 Å². The quantitative estimate of drug-likeness (QED) is 0.639. The van der Waals surface area contributed by atoms with Crippen molar-refractivity contribution in [3.8, 4) is 0 Å². The average molecular weight is 181 g/mol. The summed E-state index contributed by atoms with van der Waals surface area (Å²) >= 11 is 0. The van der Waals surface area contributed by atoms with Gasteiger partial charge in [0.25, 0.3) is 0 Å². The van der Waals surface area contributed by atoms with Crippen LogP contribution in [0.4, 0.5) is 0 Å². The van der Waals surface area contributed by atoms with Gasteiger partial charge in [-0.2, -0.15) is 0 Å². The first kappa shape index (κ1) is 10.1. The summed E-state index contributed by atoms with van der Waals surface area (Å²) in [6.07, 6.45) is 4.27. The second kappa shape index (κ2) is 6.51. The molecule has 0 bridgehead atoms. The zero-order valence-corrected chi connectivity index (χ0v) is 7.86. The van der Waals surface area contributed by atoms with Gasteiger partial charge in [0, 0.05) is 38.5 Å². The van der Waals surface area contributed by atoms with Crippen LogP contribution in [0.3, 0.4) is 0 Å². The number of hydrogen-bond donors (Lipinski definition) is 1. The maximum atomic E-state index is 4.91. The van der Waals surface area contributed by atoms with Crippen molar-refractivity contribution in [1.82, 2.24) is 15.3 Å². The first-order valence-electron chi connectivity index (χ1n) is 4.38. The van der Waals surface area contributed by atoms with Gasteiger partial charge in [0.05, 0.1) is 6.61 Å². The van der Waals surface area contributed by atoms with Crippen LogP contribution in [-0.2, 0) is 11.2 Å². The van der Waals surface area contributed by atoms with Crippen LogP contribution in [0.2, 0.25) is 0 Å². The topological polar surface area (TPSA) is 47.0 Å². The Morgan fingerprint density at radius 1 is 1.46 bits per heavy atom. The number of rotatable bonds is 6. The number of nitrogens with one attached hydrogen (secondary N) is 1. The molecule has 0 saturated carbocycles. The number of nitrogens with zero attached hydrogens (tertiary/aromatic N) is 2. The third-order valence-electron chi connectivity index (χ3n) is 1.68. The van der Waals surface area contributed by atoms with Crippen LogP contribution < -0.4 is 5.32 Å². The van der Waals surface area contributed by atoms with Crippen molar-refractivity contribution >= 4 is 0 Å². The molecular formula is C9H15N3O. The Labute approximate surface area is 78.4 Å². The van der Waals surface area contributed by atoms with Gasteiger partial charge < -0.3 is 10.1 Å². The molecule has 4 nitrogen and oxygen atoms in total. The minimum absolute atomic E-state index is 0.754. The van der Waals surface area contributed by atoms with Crippen molar-refractivity contribution in [1.29, 1.82) is 0 Å². The maximum Gasteiger partial charge on any atom is 0.115 e. The summed E-state index contributed by atoms with van der Waals surface area (Å²) in [5.41, 5.74) is 1.07. The Kier molecular flexibility index (Phi) is 5.05. The second-order valence-corrected chi connectivity index (χ2v) is 2.69. The van der Waals surface area contributed by atoms with E-state index in [0.29, 0.717) is 0 Å². The molecule has 72 valence electrons. The maximum absolute atomic E-state index is 4.91. The van der Waals surface area contributed by atoms with Gasteiger partial charge in [-0.15, -0.1) is 0 Å². The van der Waals surface area contributed by atoms with Gasteiger partial charge in [-0.3, -0.25) is 0 Å². The molecule has 0 fully saturated rings. The molecule has 1 heterocycles. The fourth-order valence-electron chi connectivity index (χ4n) is 0.982. The summed E-state index contributed by atoms with van der Waals surface area (Å²) in [4.78, 5) is 7.97. The van der Waals surface area contributed by atoms with E-state index in [-0.39, 0.29) is 0 Å². The third-order valence-corrected chi connectivity index (χ3v) is 1.68. The molecule has 1 aromatic rings. The lowest BCUT2D eigenvalue weighted by molar-refractivity contribution is 0.199. The van der Waals surface area contributed by atoms with E-state index in [4.69, 9.17) is 4.74 Å². The third kappa shape index (κ3) is 4.55. The highest BCUT2D eigenvalue weighted by Gasteiger charge is 1.92. The van der Waals surface area contributed by atoms with Gasteiger partial charge in [0.15, 0.2) is 0 Å². The lowest BCUT2D eigenvalue weighted by Crippen LogP contribution is -2.21. The molecule has 0 amide bonds. The second-order valence-electron chi connectivity index (χ2n) is 2.69. The van der Waals surface area contributed by atoms with Crippen molar-refractivity contribution in [2.24, 2.45) is 0 Å². The molecular weight excluding hydrogens is 166 g/mol. The van der Waals surface area contributed by atoms with E-state index in [9.17, 15) is 0 Å². The highest BCUT2D eigenvalue weighted by molar-refractivity contribution is 4.97. The number of methoxy groups -OCH3 is 1. The fraction of sp³-hybridized carbons (Fsp3) is 0.556. The molecule has 0 aromatic carbocycles. The summed E-state index contributed by atoms with van der Waals surface area (Å²) < 4.78 is 4.91. The lowest BCUT2D eigenvalue weighted by atomic mass is 10.3. The van der Waals surface area contributed by atoms with E-state index in [1.165, 1.54) is 0 Å². The van der Waals surface area contributed by atoms with E-state index < -0.39 is 0 Å². The van der Waals surface area contributed by atoms with E-state index in [2.05, 4.69) is 15.3 Å². The number of aromatic nitrogens is 2. The molecule has 0 saturated heterocycles. The van der Waals surface area contributed by atoms with Crippen molar-refractivity contribution in [3.63, 3.8) is 0 Å².